The van der Waals surface area contributed by atoms with E-state index in [0.29, 0.717) is 23.9 Å². The van der Waals surface area contributed by atoms with Crippen molar-refractivity contribution in [1.29, 1.82) is 0 Å². The van der Waals surface area contributed by atoms with Gasteiger partial charge in [0.15, 0.2) is 9.84 Å². The Morgan fingerprint density at radius 2 is 1.90 bits per heavy atom. The number of nitrogens with zero attached hydrogens (tertiary/aromatic N) is 1. The molecule has 0 saturated carbocycles. The standard InChI is InChI=1S/C14H15ClN2O3S/c1-21(18,19)13-5-3-12(4-6-13)20-9-8-16-14-7-2-11(15)10-17-14/h2-7,10H,8-9H2,1H3,(H,16,17). The van der Waals surface area contributed by atoms with Crippen molar-refractivity contribution in [1.82, 2.24) is 4.98 Å². The molecule has 0 aliphatic carbocycles. The molecule has 0 unspecified atom stereocenters. The molecule has 1 heterocycles. The number of benzene rings is 1. The Hall–Kier alpha value is -1.79. The van der Waals surface area contributed by atoms with Gasteiger partial charge in [0.1, 0.15) is 18.2 Å². The monoisotopic (exact) mass is 326 g/mol. The fourth-order valence-corrected chi connectivity index (χ4v) is 2.35. The minimum Gasteiger partial charge on any atom is -0.492 e. The minimum atomic E-state index is -3.17. The lowest BCUT2D eigenvalue weighted by atomic mass is 10.3. The molecule has 1 aromatic heterocycles. The number of sulfone groups is 1. The maximum atomic E-state index is 11.3. The summed E-state index contributed by atoms with van der Waals surface area (Å²) in [5.41, 5.74) is 0. The molecule has 1 N–H and O–H groups in total. The summed E-state index contributed by atoms with van der Waals surface area (Å²) in [6.07, 6.45) is 2.74. The van der Waals surface area contributed by atoms with Crippen LogP contribution in [0.15, 0.2) is 47.5 Å². The first kappa shape index (κ1) is 15.6. The highest BCUT2D eigenvalue weighted by Gasteiger charge is 2.06. The first-order valence-corrected chi connectivity index (χ1v) is 8.50. The van der Waals surface area contributed by atoms with Crippen LogP contribution in [0.2, 0.25) is 5.02 Å². The fourth-order valence-electron chi connectivity index (χ4n) is 1.61. The molecule has 0 aliphatic rings. The maximum Gasteiger partial charge on any atom is 0.175 e. The van der Waals surface area contributed by atoms with Crippen LogP contribution in [-0.4, -0.2) is 32.8 Å². The number of ether oxygens (including phenoxy) is 1. The van der Waals surface area contributed by atoms with Gasteiger partial charge in [0, 0.05) is 12.5 Å². The molecule has 2 rings (SSSR count). The van der Waals surface area contributed by atoms with Gasteiger partial charge in [0.05, 0.1) is 16.5 Å². The highest BCUT2D eigenvalue weighted by Crippen LogP contribution is 2.15. The lowest BCUT2D eigenvalue weighted by Gasteiger charge is -2.08. The largest absolute Gasteiger partial charge is 0.492 e. The Kier molecular flexibility index (Phi) is 5.03. The number of aromatic nitrogens is 1. The Balaban J connectivity index is 1.80. The first-order valence-electron chi connectivity index (χ1n) is 6.23. The van der Waals surface area contributed by atoms with Gasteiger partial charge in [-0.25, -0.2) is 13.4 Å². The fraction of sp³-hybridized carbons (Fsp3) is 0.214. The summed E-state index contributed by atoms with van der Waals surface area (Å²) in [5.74, 6) is 1.34. The number of nitrogens with one attached hydrogen (secondary N) is 1. The average molecular weight is 327 g/mol. The van der Waals surface area contributed by atoms with E-state index in [1.165, 1.54) is 18.4 Å². The topological polar surface area (TPSA) is 68.3 Å². The summed E-state index contributed by atoms with van der Waals surface area (Å²) in [6.45, 7) is 1.00. The van der Waals surface area contributed by atoms with Gasteiger partial charge in [-0.05, 0) is 36.4 Å². The van der Waals surface area contributed by atoms with Crippen molar-refractivity contribution in [2.45, 2.75) is 4.90 Å². The number of pyridine rings is 1. The zero-order valence-corrected chi connectivity index (χ0v) is 13.0. The zero-order chi connectivity index (χ0) is 15.3. The van der Waals surface area contributed by atoms with Crippen molar-refractivity contribution >= 4 is 27.3 Å². The molecule has 2 aromatic rings. The normalized spacial score (nSPS) is 11.1. The first-order chi connectivity index (χ1) is 9.95. The Morgan fingerprint density at radius 1 is 1.19 bits per heavy atom. The van der Waals surface area contributed by atoms with E-state index in [2.05, 4.69) is 10.3 Å². The van der Waals surface area contributed by atoms with Crippen molar-refractivity contribution in [3.05, 3.63) is 47.6 Å². The minimum absolute atomic E-state index is 0.276. The highest BCUT2D eigenvalue weighted by atomic mass is 35.5. The van der Waals surface area contributed by atoms with E-state index in [9.17, 15) is 8.42 Å². The van der Waals surface area contributed by atoms with Gasteiger partial charge in [-0.15, -0.1) is 0 Å². The summed E-state index contributed by atoms with van der Waals surface area (Å²) in [7, 11) is -3.17. The van der Waals surface area contributed by atoms with Gasteiger partial charge in [-0.2, -0.15) is 0 Å². The van der Waals surface area contributed by atoms with Gasteiger partial charge in [-0.1, -0.05) is 11.6 Å². The number of rotatable bonds is 6. The summed E-state index contributed by atoms with van der Waals surface area (Å²) >= 11 is 5.74. The Bertz CT molecular complexity index is 685. The van der Waals surface area contributed by atoms with Gasteiger partial charge < -0.3 is 10.1 Å². The van der Waals surface area contributed by atoms with E-state index in [0.717, 1.165) is 5.82 Å². The van der Waals surface area contributed by atoms with Crippen LogP contribution in [0.4, 0.5) is 5.82 Å². The zero-order valence-electron chi connectivity index (χ0n) is 11.4. The van der Waals surface area contributed by atoms with E-state index in [1.54, 1.807) is 30.5 Å². The summed E-state index contributed by atoms with van der Waals surface area (Å²) in [6, 6.07) is 9.86. The summed E-state index contributed by atoms with van der Waals surface area (Å²) in [4.78, 5) is 4.37. The van der Waals surface area contributed by atoms with Crippen LogP contribution in [0.1, 0.15) is 0 Å². The average Bonchev–Trinajstić information content (AvgIpc) is 2.45. The van der Waals surface area contributed by atoms with E-state index in [-0.39, 0.29) is 4.90 Å². The predicted octanol–water partition coefficient (Wildman–Crippen LogP) is 2.63. The van der Waals surface area contributed by atoms with Gasteiger partial charge >= 0.3 is 0 Å². The highest BCUT2D eigenvalue weighted by molar-refractivity contribution is 7.90. The van der Waals surface area contributed by atoms with Crippen molar-refractivity contribution < 1.29 is 13.2 Å². The lowest BCUT2D eigenvalue weighted by Crippen LogP contribution is -2.12. The molecule has 1 aromatic carbocycles. The number of hydrogen-bond acceptors (Lipinski definition) is 5. The van der Waals surface area contributed by atoms with E-state index in [4.69, 9.17) is 16.3 Å². The quantitative estimate of drug-likeness (QED) is 0.826. The van der Waals surface area contributed by atoms with Crippen molar-refractivity contribution in [3.63, 3.8) is 0 Å². The molecule has 0 atom stereocenters. The second-order valence-electron chi connectivity index (χ2n) is 4.38. The van der Waals surface area contributed by atoms with E-state index in [1.807, 2.05) is 0 Å². The van der Waals surface area contributed by atoms with Crippen LogP contribution in [0.25, 0.3) is 0 Å². The van der Waals surface area contributed by atoms with Crippen LogP contribution in [0.5, 0.6) is 5.75 Å². The van der Waals surface area contributed by atoms with Crippen LogP contribution in [0.3, 0.4) is 0 Å². The van der Waals surface area contributed by atoms with Gasteiger partial charge in [0.2, 0.25) is 0 Å². The van der Waals surface area contributed by atoms with E-state index < -0.39 is 9.84 Å². The molecule has 0 radical (unpaired) electrons. The molecule has 0 bridgehead atoms. The Morgan fingerprint density at radius 3 is 2.48 bits per heavy atom. The lowest BCUT2D eigenvalue weighted by molar-refractivity contribution is 0.332. The number of hydrogen-bond donors (Lipinski definition) is 1. The van der Waals surface area contributed by atoms with Gasteiger partial charge in [-0.3, -0.25) is 0 Å². The third-order valence-corrected chi connectivity index (χ3v) is 4.01. The molecule has 0 saturated heterocycles. The third kappa shape index (κ3) is 4.91. The second kappa shape index (κ2) is 6.78. The van der Waals surface area contributed by atoms with Crippen LogP contribution in [0, 0.1) is 0 Å². The van der Waals surface area contributed by atoms with Crippen LogP contribution < -0.4 is 10.1 Å². The third-order valence-electron chi connectivity index (χ3n) is 2.66. The van der Waals surface area contributed by atoms with Crippen molar-refractivity contribution in [3.8, 4) is 5.75 Å². The molecule has 0 aliphatic heterocycles. The van der Waals surface area contributed by atoms with Crippen LogP contribution in [-0.2, 0) is 9.84 Å². The van der Waals surface area contributed by atoms with Gasteiger partial charge in [0.25, 0.3) is 0 Å². The molecule has 5 nitrogen and oxygen atoms in total. The molecule has 112 valence electrons. The van der Waals surface area contributed by atoms with Crippen molar-refractivity contribution in [2.24, 2.45) is 0 Å². The molecule has 0 spiro atoms. The SMILES string of the molecule is CS(=O)(=O)c1ccc(OCCNc2ccc(Cl)cn2)cc1. The Labute approximate surface area is 128 Å². The summed E-state index contributed by atoms with van der Waals surface area (Å²) in [5, 5.41) is 3.67. The number of anilines is 1. The van der Waals surface area contributed by atoms with Crippen molar-refractivity contribution in [2.75, 3.05) is 24.7 Å². The van der Waals surface area contributed by atoms with E-state index >= 15 is 0 Å². The second-order valence-corrected chi connectivity index (χ2v) is 6.83. The smallest absolute Gasteiger partial charge is 0.175 e. The maximum absolute atomic E-state index is 11.3. The predicted molar refractivity (Wildman–Crippen MR) is 82.8 cm³/mol. The molecule has 0 amide bonds. The molecule has 0 fully saturated rings. The molecular weight excluding hydrogens is 312 g/mol. The summed E-state index contributed by atoms with van der Waals surface area (Å²) < 4.78 is 28.1. The molecule has 7 heteroatoms. The molecule has 21 heavy (non-hydrogen) atoms. The number of halogens is 1. The van der Waals surface area contributed by atoms with Crippen LogP contribution >= 0.6 is 11.6 Å². The molecular formula is C14H15ClN2O3S.